The van der Waals surface area contributed by atoms with Gasteiger partial charge in [0, 0.05) is 49.2 Å². The molecule has 1 atom stereocenters. The van der Waals surface area contributed by atoms with Gasteiger partial charge in [-0.1, -0.05) is 54.1 Å². The molecule has 1 fully saturated rings. The van der Waals surface area contributed by atoms with Gasteiger partial charge in [-0.2, -0.15) is 0 Å². The van der Waals surface area contributed by atoms with Crippen LogP contribution in [0.3, 0.4) is 0 Å². The van der Waals surface area contributed by atoms with Crippen LogP contribution in [-0.2, 0) is 0 Å². The Morgan fingerprint density at radius 1 is 1.08 bits per heavy atom. The summed E-state index contributed by atoms with van der Waals surface area (Å²) >= 11 is 6.34. The van der Waals surface area contributed by atoms with Crippen molar-refractivity contribution < 1.29 is 4.79 Å². The number of hydrogen-bond donors (Lipinski definition) is 2. The van der Waals surface area contributed by atoms with E-state index in [2.05, 4.69) is 32.3 Å². The lowest BCUT2D eigenvalue weighted by atomic mass is 9.94. The van der Waals surface area contributed by atoms with Crippen molar-refractivity contribution in [2.45, 2.75) is 31.2 Å². The van der Waals surface area contributed by atoms with Gasteiger partial charge in [0.2, 0.25) is 5.95 Å². The number of anilines is 1. The summed E-state index contributed by atoms with van der Waals surface area (Å²) in [5, 5.41) is 4.32. The van der Waals surface area contributed by atoms with E-state index in [0.717, 1.165) is 60.9 Å². The molecule has 1 aliphatic heterocycles. The number of halogens is 1. The van der Waals surface area contributed by atoms with Crippen molar-refractivity contribution in [1.82, 2.24) is 19.8 Å². The Morgan fingerprint density at radius 3 is 2.59 bits per heavy atom. The molecule has 5 rings (SSSR count). The maximum Gasteiger partial charge on any atom is 0.253 e. The first-order valence-corrected chi connectivity index (χ1v) is 13.4. The van der Waals surface area contributed by atoms with Crippen LogP contribution in [0.2, 0.25) is 5.02 Å². The Balaban J connectivity index is 1.17. The number of aromatic amines is 1. The molecule has 3 aromatic carbocycles. The largest absolute Gasteiger partial charge is 0.353 e. The van der Waals surface area contributed by atoms with Gasteiger partial charge in [0.05, 0.1) is 11.0 Å². The van der Waals surface area contributed by atoms with Crippen LogP contribution in [0.5, 0.6) is 0 Å². The topological polar surface area (TPSA) is 64.3 Å². The van der Waals surface area contributed by atoms with Gasteiger partial charge in [0.15, 0.2) is 0 Å². The van der Waals surface area contributed by atoms with Gasteiger partial charge in [-0.05, 0) is 67.8 Å². The molecule has 0 saturated carbocycles. The second kappa shape index (κ2) is 11.8. The average Bonchev–Trinajstić information content (AvgIpc) is 3.34. The normalized spacial score (nSPS) is 15.5. The number of likely N-dealkylation sites (tertiary alicyclic amines) is 1. The summed E-state index contributed by atoms with van der Waals surface area (Å²) in [6, 6.07) is 26.1. The molecule has 1 saturated heterocycles. The second-order valence-electron chi connectivity index (χ2n) is 9.96. The highest BCUT2D eigenvalue weighted by molar-refractivity contribution is 6.30. The van der Waals surface area contributed by atoms with Crippen LogP contribution >= 0.6 is 11.6 Å². The SMILES string of the molecule is CN(CC(CCN1CCC(Nc2nc3ccccc3[nH]2)CC1)c1cccc(Cl)c1)C(=O)c1ccccc1. The van der Waals surface area contributed by atoms with Gasteiger partial charge in [0.25, 0.3) is 5.91 Å². The molecule has 7 heteroatoms. The molecule has 192 valence electrons. The van der Waals surface area contributed by atoms with E-state index in [0.29, 0.717) is 18.2 Å². The highest BCUT2D eigenvalue weighted by Crippen LogP contribution is 2.26. The number of nitrogens with one attached hydrogen (secondary N) is 2. The first kappa shape index (κ1) is 25.3. The van der Waals surface area contributed by atoms with Crippen molar-refractivity contribution >= 4 is 34.5 Å². The molecule has 4 aromatic rings. The third-order valence-electron chi connectivity index (χ3n) is 7.29. The van der Waals surface area contributed by atoms with Gasteiger partial charge in [-0.3, -0.25) is 4.79 Å². The fraction of sp³-hybridized carbons (Fsp3) is 0.333. The predicted octanol–water partition coefficient (Wildman–Crippen LogP) is 6.04. The van der Waals surface area contributed by atoms with Crippen molar-refractivity contribution in [1.29, 1.82) is 0 Å². The third kappa shape index (κ3) is 6.51. The van der Waals surface area contributed by atoms with Gasteiger partial charge < -0.3 is 20.1 Å². The molecule has 1 amide bonds. The maximum atomic E-state index is 13.0. The molecule has 0 aliphatic carbocycles. The highest BCUT2D eigenvalue weighted by Gasteiger charge is 2.23. The van der Waals surface area contributed by atoms with Gasteiger partial charge >= 0.3 is 0 Å². The van der Waals surface area contributed by atoms with E-state index >= 15 is 0 Å². The summed E-state index contributed by atoms with van der Waals surface area (Å²) in [6.07, 6.45) is 3.12. The van der Waals surface area contributed by atoms with E-state index in [9.17, 15) is 4.79 Å². The zero-order valence-electron chi connectivity index (χ0n) is 21.2. The summed E-state index contributed by atoms with van der Waals surface area (Å²) in [7, 11) is 1.89. The molecule has 0 spiro atoms. The number of likely N-dealkylation sites (N-methyl/N-ethyl adjacent to an activating group) is 1. The van der Waals surface area contributed by atoms with E-state index < -0.39 is 0 Å². The lowest BCUT2D eigenvalue weighted by Gasteiger charge is -2.33. The average molecular weight is 516 g/mol. The Labute approximate surface area is 223 Å². The fourth-order valence-electron chi connectivity index (χ4n) is 5.19. The number of nitrogens with zero attached hydrogens (tertiary/aromatic N) is 3. The number of benzene rings is 3. The number of piperidine rings is 1. The van der Waals surface area contributed by atoms with Crippen LogP contribution in [0.1, 0.15) is 41.1 Å². The molecule has 2 N–H and O–H groups in total. The molecule has 0 radical (unpaired) electrons. The van der Waals surface area contributed by atoms with Crippen LogP contribution in [0.4, 0.5) is 5.95 Å². The molecular formula is C30H34ClN5O. The van der Waals surface area contributed by atoms with Gasteiger partial charge in [0.1, 0.15) is 0 Å². The molecule has 6 nitrogen and oxygen atoms in total. The smallest absolute Gasteiger partial charge is 0.253 e. The number of amides is 1. The number of H-pyrrole nitrogens is 1. The first-order chi connectivity index (χ1) is 18.0. The van der Waals surface area contributed by atoms with Crippen LogP contribution in [-0.4, -0.2) is 64.9 Å². The molecule has 1 aliphatic rings. The quantitative estimate of drug-likeness (QED) is 0.285. The van der Waals surface area contributed by atoms with Gasteiger partial charge in [-0.15, -0.1) is 0 Å². The van der Waals surface area contributed by atoms with Crippen molar-refractivity contribution in [2.75, 3.05) is 38.5 Å². The molecule has 1 unspecified atom stereocenters. The molecule has 1 aromatic heterocycles. The Hall–Kier alpha value is -3.35. The lowest BCUT2D eigenvalue weighted by Crippen LogP contribution is -2.40. The summed E-state index contributed by atoms with van der Waals surface area (Å²) in [6.45, 7) is 3.72. The van der Waals surface area contributed by atoms with E-state index in [1.165, 1.54) is 5.56 Å². The lowest BCUT2D eigenvalue weighted by molar-refractivity contribution is 0.0782. The minimum Gasteiger partial charge on any atom is -0.353 e. The van der Waals surface area contributed by atoms with E-state index in [1.54, 1.807) is 0 Å². The number of para-hydroxylation sites is 2. The number of aromatic nitrogens is 2. The van der Waals surface area contributed by atoms with Crippen LogP contribution in [0, 0.1) is 0 Å². The number of fused-ring (bicyclic) bond motifs is 1. The zero-order chi connectivity index (χ0) is 25.6. The van der Waals surface area contributed by atoms with E-state index in [-0.39, 0.29) is 11.8 Å². The van der Waals surface area contributed by atoms with Crippen LogP contribution in [0.15, 0.2) is 78.9 Å². The third-order valence-corrected chi connectivity index (χ3v) is 7.53. The minimum absolute atomic E-state index is 0.0464. The summed E-state index contributed by atoms with van der Waals surface area (Å²) < 4.78 is 0. The first-order valence-electron chi connectivity index (χ1n) is 13.0. The molecule has 2 heterocycles. The van der Waals surface area contributed by atoms with E-state index in [4.69, 9.17) is 11.6 Å². The maximum absolute atomic E-state index is 13.0. The minimum atomic E-state index is 0.0464. The Kier molecular flexibility index (Phi) is 8.07. The van der Waals surface area contributed by atoms with Crippen molar-refractivity contribution in [3.8, 4) is 0 Å². The van der Waals surface area contributed by atoms with Crippen molar-refractivity contribution in [2.24, 2.45) is 0 Å². The van der Waals surface area contributed by atoms with Crippen molar-refractivity contribution in [3.63, 3.8) is 0 Å². The number of imidazole rings is 1. The predicted molar refractivity (Wildman–Crippen MR) is 151 cm³/mol. The molecule has 0 bridgehead atoms. The standard InChI is InChI=1S/C30H34ClN5O/c1-35(29(37)22-8-3-2-4-9-22)21-24(23-10-7-11-25(31)20-23)14-17-36-18-15-26(16-19-36)32-30-33-27-12-5-6-13-28(27)34-30/h2-13,20,24,26H,14-19,21H2,1H3,(H2,32,33,34). The summed E-state index contributed by atoms with van der Waals surface area (Å²) in [5.74, 6) is 1.11. The van der Waals surface area contributed by atoms with E-state index in [1.807, 2.05) is 78.7 Å². The van der Waals surface area contributed by atoms with Gasteiger partial charge in [-0.25, -0.2) is 4.98 Å². The molecular weight excluding hydrogens is 482 g/mol. The number of carbonyl (C=O) groups excluding carboxylic acids is 1. The Bertz CT molecular complexity index is 1280. The highest BCUT2D eigenvalue weighted by atomic mass is 35.5. The van der Waals surface area contributed by atoms with Crippen LogP contribution in [0.25, 0.3) is 11.0 Å². The second-order valence-corrected chi connectivity index (χ2v) is 10.4. The summed E-state index contributed by atoms with van der Waals surface area (Å²) in [5.41, 5.74) is 3.95. The molecule has 37 heavy (non-hydrogen) atoms. The Morgan fingerprint density at radius 2 is 1.84 bits per heavy atom. The number of hydrogen-bond acceptors (Lipinski definition) is 4. The van der Waals surface area contributed by atoms with Crippen LogP contribution < -0.4 is 5.32 Å². The fourth-order valence-corrected chi connectivity index (χ4v) is 5.39. The number of rotatable bonds is 9. The monoisotopic (exact) mass is 515 g/mol. The zero-order valence-corrected chi connectivity index (χ0v) is 22.0. The number of carbonyl (C=O) groups is 1. The summed E-state index contributed by atoms with van der Waals surface area (Å²) in [4.78, 5) is 25.4. The van der Waals surface area contributed by atoms with Crippen molar-refractivity contribution in [3.05, 3.63) is 95.0 Å².